The summed E-state index contributed by atoms with van der Waals surface area (Å²) in [6.45, 7) is 0.198. The molecule has 0 aliphatic carbocycles. The van der Waals surface area contributed by atoms with Gasteiger partial charge in [0.05, 0.1) is 35.9 Å². The van der Waals surface area contributed by atoms with E-state index >= 15 is 0 Å². The number of carboxylic acids is 1. The monoisotopic (exact) mass is 624 g/mol. The molecule has 4 rings (SSSR count). The third kappa shape index (κ3) is 7.16. The average molecular weight is 625 g/mol. The zero-order valence-corrected chi connectivity index (χ0v) is 23.5. The van der Waals surface area contributed by atoms with Gasteiger partial charge in [0, 0.05) is 0 Å². The number of amides is 1. The van der Waals surface area contributed by atoms with E-state index in [1.807, 2.05) is 0 Å². The highest BCUT2D eigenvalue weighted by Crippen LogP contribution is 2.43. The Hall–Kier alpha value is -4.10. The number of ether oxygens (including phenoxy) is 2. The minimum Gasteiger partial charge on any atom is -0.480 e. The van der Waals surface area contributed by atoms with Gasteiger partial charge >= 0.3 is 24.4 Å². The number of alkyl halides is 6. The van der Waals surface area contributed by atoms with Crippen molar-refractivity contribution in [2.75, 3.05) is 13.2 Å². The van der Waals surface area contributed by atoms with Gasteiger partial charge in [-0.25, -0.2) is 4.79 Å². The molecule has 13 heteroatoms. The largest absolute Gasteiger partial charge is 0.480 e. The molecule has 0 radical (unpaired) electrons. The number of carboxylic acid groups (broad SMARTS) is 1. The van der Waals surface area contributed by atoms with Crippen molar-refractivity contribution in [3.63, 3.8) is 0 Å². The second-order valence-electron chi connectivity index (χ2n) is 10.8. The molecule has 1 saturated heterocycles. The topological polar surface area (TPSA) is 102 Å². The molecule has 0 saturated carbocycles. The first-order chi connectivity index (χ1) is 20.5. The number of carbonyl (C=O) groups is 2. The number of nitrogens with zero attached hydrogens (tertiary/aromatic N) is 1. The van der Waals surface area contributed by atoms with Gasteiger partial charge in [-0.3, -0.25) is 9.69 Å². The summed E-state index contributed by atoms with van der Waals surface area (Å²) >= 11 is 0. The molecule has 236 valence electrons. The second kappa shape index (κ2) is 12.5. The molecular weight excluding hydrogens is 594 g/mol. The molecule has 1 unspecified atom stereocenters. The zero-order valence-electron chi connectivity index (χ0n) is 23.5. The Bertz CT molecular complexity index is 1440. The van der Waals surface area contributed by atoms with E-state index in [0.717, 1.165) is 4.90 Å². The number of benzene rings is 3. The molecular formula is C31H30F6N2O5. The van der Waals surface area contributed by atoms with E-state index in [-0.39, 0.29) is 31.1 Å². The van der Waals surface area contributed by atoms with Crippen LogP contribution in [0.1, 0.15) is 53.7 Å². The Morgan fingerprint density at radius 2 is 1.45 bits per heavy atom. The molecule has 0 spiro atoms. The Morgan fingerprint density at radius 1 is 0.909 bits per heavy atom. The van der Waals surface area contributed by atoms with Crippen molar-refractivity contribution in [2.24, 2.45) is 5.73 Å². The lowest BCUT2D eigenvalue weighted by molar-refractivity contribution is -0.150. The SMILES string of the molecule is C[C@@H](OC[C@@]1(c2ccccc2)CCC(N)(C(=O)O)CN1C(=O)OCc1ccccc1)c1cc(C(F)(F)F)cc(C(F)(F)F)c1. The molecule has 1 heterocycles. The number of aliphatic carboxylic acids is 1. The molecule has 1 fully saturated rings. The quantitative estimate of drug-likeness (QED) is 0.264. The predicted octanol–water partition coefficient (Wildman–Crippen LogP) is 6.91. The molecule has 1 amide bonds. The first-order valence-corrected chi connectivity index (χ1v) is 13.5. The van der Waals surface area contributed by atoms with Gasteiger partial charge in [0.25, 0.3) is 0 Å². The first-order valence-electron chi connectivity index (χ1n) is 13.5. The van der Waals surface area contributed by atoms with E-state index in [1.165, 1.54) is 6.92 Å². The van der Waals surface area contributed by atoms with Crippen molar-refractivity contribution >= 4 is 12.1 Å². The van der Waals surface area contributed by atoms with Crippen molar-refractivity contribution in [1.82, 2.24) is 4.90 Å². The maximum Gasteiger partial charge on any atom is 0.416 e. The summed E-state index contributed by atoms with van der Waals surface area (Å²) in [5, 5.41) is 9.88. The van der Waals surface area contributed by atoms with Gasteiger partial charge < -0.3 is 20.3 Å². The molecule has 3 atom stereocenters. The summed E-state index contributed by atoms with van der Waals surface area (Å²) in [5.74, 6) is -1.36. The normalized spacial score (nSPS) is 21.5. The molecule has 0 aromatic heterocycles. The molecule has 3 aromatic rings. The first kappa shape index (κ1) is 32.8. The molecule has 3 aromatic carbocycles. The van der Waals surface area contributed by atoms with Gasteiger partial charge in [-0.05, 0) is 54.7 Å². The number of halogens is 6. The fourth-order valence-corrected chi connectivity index (χ4v) is 5.14. The Labute approximate surface area is 249 Å². The lowest BCUT2D eigenvalue weighted by atomic mass is 9.75. The molecule has 1 aliphatic heterocycles. The van der Waals surface area contributed by atoms with Crippen molar-refractivity contribution in [3.05, 3.63) is 107 Å². The maximum absolute atomic E-state index is 13.6. The molecule has 1 aliphatic rings. The molecule has 7 nitrogen and oxygen atoms in total. The third-order valence-corrected chi connectivity index (χ3v) is 7.76. The Morgan fingerprint density at radius 3 is 1.98 bits per heavy atom. The van der Waals surface area contributed by atoms with Crippen LogP contribution in [0.3, 0.4) is 0 Å². The van der Waals surface area contributed by atoms with E-state index in [1.54, 1.807) is 60.7 Å². The fourth-order valence-electron chi connectivity index (χ4n) is 5.14. The van der Waals surface area contributed by atoms with E-state index in [4.69, 9.17) is 15.2 Å². The highest BCUT2D eigenvalue weighted by molar-refractivity contribution is 5.81. The number of hydrogen-bond donors (Lipinski definition) is 2. The van der Waals surface area contributed by atoms with Crippen molar-refractivity contribution in [3.8, 4) is 0 Å². The van der Waals surface area contributed by atoms with Gasteiger partial charge in [0.15, 0.2) is 0 Å². The number of carbonyl (C=O) groups excluding carboxylic acids is 1. The van der Waals surface area contributed by atoms with Gasteiger partial charge in [0.2, 0.25) is 0 Å². The Balaban J connectivity index is 1.72. The number of nitrogens with two attached hydrogens (primary N) is 1. The van der Waals surface area contributed by atoms with E-state index < -0.39 is 65.9 Å². The van der Waals surface area contributed by atoms with Crippen LogP contribution in [0, 0.1) is 0 Å². The number of rotatable bonds is 8. The van der Waals surface area contributed by atoms with Gasteiger partial charge in [-0.15, -0.1) is 0 Å². The van der Waals surface area contributed by atoms with Gasteiger partial charge in [-0.1, -0.05) is 60.7 Å². The summed E-state index contributed by atoms with van der Waals surface area (Å²) in [6.07, 6.45) is -12.5. The molecule has 44 heavy (non-hydrogen) atoms. The minimum absolute atomic E-state index is 0.0278. The summed E-state index contributed by atoms with van der Waals surface area (Å²) < 4.78 is 92.5. The highest BCUT2D eigenvalue weighted by atomic mass is 19.4. The van der Waals surface area contributed by atoms with Crippen LogP contribution < -0.4 is 5.73 Å². The highest BCUT2D eigenvalue weighted by Gasteiger charge is 2.53. The van der Waals surface area contributed by atoms with Crippen LogP contribution in [0.5, 0.6) is 0 Å². The Kier molecular flexibility index (Phi) is 9.31. The minimum atomic E-state index is -5.05. The average Bonchev–Trinajstić information content (AvgIpc) is 2.99. The van der Waals surface area contributed by atoms with Crippen LogP contribution in [0.25, 0.3) is 0 Å². The third-order valence-electron chi connectivity index (χ3n) is 7.76. The van der Waals surface area contributed by atoms with E-state index in [9.17, 15) is 41.0 Å². The van der Waals surface area contributed by atoms with Gasteiger partial charge in [-0.2, -0.15) is 26.3 Å². The summed E-state index contributed by atoms with van der Waals surface area (Å²) in [7, 11) is 0. The van der Waals surface area contributed by atoms with Gasteiger partial charge in [0.1, 0.15) is 12.1 Å². The van der Waals surface area contributed by atoms with Crippen LogP contribution in [0.15, 0.2) is 78.9 Å². The summed E-state index contributed by atoms with van der Waals surface area (Å²) in [4.78, 5) is 26.9. The van der Waals surface area contributed by atoms with Crippen LogP contribution >= 0.6 is 0 Å². The predicted molar refractivity (Wildman–Crippen MR) is 146 cm³/mol. The second-order valence-corrected chi connectivity index (χ2v) is 10.8. The number of hydrogen-bond acceptors (Lipinski definition) is 5. The lowest BCUT2D eigenvalue weighted by Gasteiger charge is -2.51. The van der Waals surface area contributed by atoms with Crippen LogP contribution in [0.2, 0.25) is 0 Å². The zero-order chi connectivity index (χ0) is 32.3. The number of likely N-dealkylation sites (tertiary alicyclic amines) is 1. The van der Waals surface area contributed by atoms with Crippen molar-refractivity contribution in [2.45, 2.75) is 55.9 Å². The number of piperidine rings is 1. The van der Waals surface area contributed by atoms with Crippen LogP contribution in [0.4, 0.5) is 31.1 Å². The van der Waals surface area contributed by atoms with Crippen LogP contribution in [-0.4, -0.2) is 40.8 Å². The smallest absolute Gasteiger partial charge is 0.416 e. The molecule has 3 N–H and O–H groups in total. The standard InChI is InChI=1S/C31H30F6N2O5/c1-20(22-14-24(30(32,33)34)16-25(15-22)31(35,36)37)44-19-29(23-10-6-3-7-11-23)13-12-28(38,26(40)41)18-39(29)27(42)43-17-21-8-4-2-5-9-21/h2-11,14-16,20H,12-13,17-19,38H2,1H3,(H,40,41)/t20-,28?,29-/m1/s1. The maximum atomic E-state index is 13.6. The fraction of sp³-hybridized carbons (Fsp3) is 0.355. The molecule has 0 bridgehead atoms. The van der Waals surface area contributed by atoms with Crippen molar-refractivity contribution in [1.29, 1.82) is 0 Å². The van der Waals surface area contributed by atoms with Crippen molar-refractivity contribution < 1.29 is 50.5 Å². The summed E-state index contributed by atoms with van der Waals surface area (Å²) in [5.41, 5.74) is 0.659. The van der Waals surface area contributed by atoms with E-state index in [2.05, 4.69) is 0 Å². The lowest BCUT2D eigenvalue weighted by Crippen LogP contribution is -2.67. The summed E-state index contributed by atoms with van der Waals surface area (Å²) in [6, 6.07) is 18.2. The van der Waals surface area contributed by atoms with Crippen LogP contribution in [-0.2, 0) is 38.8 Å². The van der Waals surface area contributed by atoms with E-state index in [0.29, 0.717) is 23.3 Å².